The molecule has 0 spiro atoms. The summed E-state index contributed by atoms with van der Waals surface area (Å²) < 4.78 is 0. The summed E-state index contributed by atoms with van der Waals surface area (Å²) in [6.07, 6.45) is 16.9. The van der Waals surface area contributed by atoms with Gasteiger partial charge in [-0.05, 0) is 44.9 Å². The van der Waals surface area contributed by atoms with Gasteiger partial charge in [0.15, 0.2) is 0 Å². The molecule has 2 saturated heterocycles. The maximum Gasteiger partial charge on any atom is 0.0668 e. The summed E-state index contributed by atoms with van der Waals surface area (Å²) in [5.74, 6) is 0. The number of rotatable bonds is 8. The quantitative estimate of drug-likeness (QED) is 0.495. The zero-order valence-corrected chi connectivity index (χ0v) is 13.1. The first-order valence-electron chi connectivity index (χ1n) is 8.21. The molecule has 2 aliphatic rings. The molecule has 2 heteroatoms. The van der Waals surface area contributed by atoms with Gasteiger partial charge in [-0.25, -0.2) is 0 Å². The molecule has 2 unspecified atom stereocenters. The van der Waals surface area contributed by atoms with Crippen LogP contribution in [0.2, 0.25) is 0 Å². The Bertz CT molecular complexity index is 264. The Balaban J connectivity index is 1.60. The topological polar surface area (TPSA) is 20.2 Å². The molecule has 2 atom stereocenters. The van der Waals surface area contributed by atoms with Crippen molar-refractivity contribution in [3.05, 3.63) is 12.7 Å². The molecule has 0 aliphatic carbocycles. The van der Waals surface area contributed by atoms with Gasteiger partial charge in [0, 0.05) is 10.5 Å². The van der Waals surface area contributed by atoms with Crippen LogP contribution in [0.5, 0.6) is 0 Å². The fourth-order valence-corrected chi connectivity index (χ4v) is 5.65. The Labute approximate surface area is 123 Å². The molecule has 0 radical (unpaired) electrons. The van der Waals surface area contributed by atoms with Crippen LogP contribution in [0, 0.1) is 0 Å². The summed E-state index contributed by atoms with van der Waals surface area (Å²) in [5, 5.41) is 12.3. The van der Waals surface area contributed by atoms with Gasteiger partial charge in [0.2, 0.25) is 0 Å². The van der Waals surface area contributed by atoms with E-state index in [2.05, 4.69) is 18.3 Å². The van der Waals surface area contributed by atoms with Crippen molar-refractivity contribution in [1.29, 1.82) is 0 Å². The average molecular weight is 282 g/mol. The van der Waals surface area contributed by atoms with E-state index in [-0.39, 0.29) is 5.60 Å². The normalized spacial score (nSPS) is 34.2. The van der Waals surface area contributed by atoms with Crippen molar-refractivity contribution in [3.8, 4) is 0 Å². The van der Waals surface area contributed by atoms with Crippen LogP contribution in [-0.4, -0.2) is 21.2 Å². The third kappa shape index (κ3) is 5.15. The fourth-order valence-electron chi connectivity index (χ4n) is 3.69. The summed E-state index contributed by atoms with van der Waals surface area (Å²) in [6, 6.07) is 0. The maximum atomic E-state index is 10.8. The van der Waals surface area contributed by atoms with Crippen LogP contribution in [0.1, 0.15) is 77.0 Å². The second-order valence-electron chi connectivity index (χ2n) is 6.54. The van der Waals surface area contributed by atoms with Gasteiger partial charge in [-0.15, -0.1) is 6.58 Å². The third-order valence-electron chi connectivity index (χ3n) is 4.70. The van der Waals surface area contributed by atoms with Crippen LogP contribution in [0.4, 0.5) is 0 Å². The molecule has 1 N–H and O–H groups in total. The Morgan fingerprint density at radius 1 is 1.05 bits per heavy atom. The molecular formula is C17H30OS. The van der Waals surface area contributed by atoms with E-state index in [1.165, 1.54) is 51.4 Å². The highest BCUT2D eigenvalue weighted by atomic mass is 32.2. The lowest BCUT2D eigenvalue weighted by Crippen LogP contribution is -2.42. The predicted octanol–water partition coefficient (Wildman–Crippen LogP) is 5.08. The molecule has 2 bridgehead atoms. The lowest BCUT2D eigenvalue weighted by molar-refractivity contribution is 0.00235. The molecule has 1 nitrogen and oxygen atoms in total. The predicted molar refractivity (Wildman–Crippen MR) is 85.7 cm³/mol. The van der Waals surface area contributed by atoms with Gasteiger partial charge in [-0.1, -0.05) is 38.2 Å². The van der Waals surface area contributed by atoms with E-state index in [0.717, 1.165) is 36.2 Å². The minimum Gasteiger partial charge on any atom is -0.390 e. The van der Waals surface area contributed by atoms with Crippen molar-refractivity contribution >= 4 is 11.8 Å². The van der Waals surface area contributed by atoms with Crippen LogP contribution in [0.25, 0.3) is 0 Å². The second-order valence-corrected chi connectivity index (χ2v) is 8.14. The number of fused-ring (bicyclic) bond motifs is 2. The Hall–Kier alpha value is 0.0500. The lowest BCUT2D eigenvalue weighted by Gasteiger charge is -2.44. The van der Waals surface area contributed by atoms with Gasteiger partial charge < -0.3 is 5.11 Å². The van der Waals surface area contributed by atoms with E-state index in [1.807, 2.05) is 6.08 Å². The van der Waals surface area contributed by atoms with Crippen molar-refractivity contribution in [1.82, 2.24) is 0 Å². The number of thioether (sulfide) groups is 1. The molecule has 19 heavy (non-hydrogen) atoms. The van der Waals surface area contributed by atoms with Crippen LogP contribution in [-0.2, 0) is 0 Å². The smallest absolute Gasteiger partial charge is 0.0668 e. The van der Waals surface area contributed by atoms with Gasteiger partial charge in [0.05, 0.1) is 5.60 Å². The SMILES string of the molecule is C=CCCCCCCCC1(O)CC2CCCC(C1)S2. The summed E-state index contributed by atoms with van der Waals surface area (Å²) >= 11 is 2.16. The van der Waals surface area contributed by atoms with Gasteiger partial charge in [-0.2, -0.15) is 11.8 Å². The number of hydrogen-bond acceptors (Lipinski definition) is 2. The first kappa shape index (κ1) is 15.4. The molecular weight excluding hydrogens is 252 g/mol. The van der Waals surface area contributed by atoms with Crippen molar-refractivity contribution in [2.45, 2.75) is 93.2 Å². The highest BCUT2D eigenvalue weighted by molar-refractivity contribution is 8.00. The second kappa shape index (κ2) is 7.73. The molecule has 0 amide bonds. The van der Waals surface area contributed by atoms with E-state index in [9.17, 15) is 5.11 Å². The maximum absolute atomic E-state index is 10.8. The lowest BCUT2D eigenvalue weighted by atomic mass is 9.82. The molecule has 2 rings (SSSR count). The highest BCUT2D eigenvalue weighted by Gasteiger charge is 2.40. The van der Waals surface area contributed by atoms with E-state index < -0.39 is 0 Å². The van der Waals surface area contributed by atoms with Gasteiger partial charge in [0.1, 0.15) is 0 Å². The minimum absolute atomic E-state index is 0.317. The Morgan fingerprint density at radius 2 is 1.68 bits per heavy atom. The van der Waals surface area contributed by atoms with Crippen molar-refractivity contribution in [2.24, 2.45) is 0 Å². The van der Waals surface area contributed by atoms with Crippen molar-refractivity contribution < 1.29 is 5.11 Å². The average Bonchev–Trinajstić information content (AvgIpc) is 2.37. The first-order valence-corrected chi connectivity index (χ1v) is 9.15. The minimum atomic E-state index is -0.317. The van der Waals surface area contributed by atoms with Gasteiger partial charge >= 0.3 is 0 Å². The molecule has 2 heterocycles. The fraction of sp³-hybridized carbons (Fsp3) is 0.882. The zero-order chi connectivity index (χ0) is 13.6. The molecule has 0 aromatic rings. The molecule has 2 fully saturated rings. The number of aliphatic hydroxyl groups is 1. The van der Waals surface area contributed by atoms with Crippen LogP contribution in [0.15, 0.2) is 12.7 Å². The molecule has 110 valence electrons. The number of unbranched alkanes of at least 4 members (excludes halogenated alkanes) is 5. The highest BCUT2D eigenvalue weighted by Crippen LogP contribution is 2.47. The molecule has 0 saturated carbocycles. The number of allylic oxidation sites excluding steroid dienone is 1. The standard InChI is InChI=1S/C17H30OS/c1-2-3-4-5-6-7-8-12-17(18)13-15-10-9-11-16(14-17)19-15/h2,15-16,18H,1,3-14H2. The Morgan fingerprint density at radius 3 is 2.37 bits per heavy atom. The van der Waals surface area contributed by atoms with E-state index >= 15 is 0 Å². The Kier molecular flexibility index (Phi) is 6.28. The van der Waals surface area contributed by atoms with Crippen molar-refractivity contribution in [2.75, 3.05) is 0 Å². The van der Waals surface area contributed by atoms with Gasteiger partial charge in [-0.3, -0.25) is 0 Å². The van der Waals surface area contributed by atoms with Crippen molar-refractivity contribution in [3.63, 3.8) is 0 Å². The summed E-state index contributed by atoms with van der Waals surface area (Å²) in [6.45, 7) is 3.76. The zero-order valence-electron chi connectivity index (χ0n) is 12.3. The summed E-state index contributed by atoms with van der Waals surface area (Å²) in [5.41, 5.74) is -0.317. The third-order valence-corrected chi connectivity index (χ3v) is 6.28. The summed E-state index contributed by atoms with van der Waals surface area (Å²) in [7, 11) is 0. The van der Waals surface area contributed by atoms with Crippen LogP contribution in [0.3, 0.4) is 0 Å². The molecule has 2 aliphatic heterocycles. The first-order chi connectivity index (χ1) is 9.22. The number of hydrogen-bond donors (Lipinski definition) is 1. The van der Waals surface area contributed by atoms with Crippen LogP contribution < -0.4 is 0 Å². The van der Waals surface area contributed by atoms with E-state index in [0.29, 0.717) is 0 Å². The van der Waals surface area contributed by atoms with Gasteiger partial charge in [0.25, 0.3) is 0 Å². The van der Waals surface area contributed by atoms with Crippen LogP contribution >= 0.6 is 11.8 Å². The molecule has 0 aromatic carbocycles. The monoisotopic (exact) mass is 282 g/mol. The van der Waals surface area contributed by atoms with E-state index in [1.54, 1.807) is 0 Å². The van der Waals surface area contributed by atoms with E-state index in [4.69, 9.17) is 0 Å². The molecule has 0 aromatic heterocycles. The summed E-state index contributed by atoms with van der Waals surface area (Å²) in [4.78, 5) is 0. The largest absolute Gasteiger partial charge is 0.390 e.